The predicted octanol–water partition coefficient (Wildman–Crippen LogP) is 2.68. The molecule has 1 aromatic rings. The molecule has 19 heavy (non-hydrogen) atoms. The van der Waals surface area contributed by atoms with Crippen molar-refractivity contribution >= 4 is 12.6 Å². The average Bonchev–Trinajstić information content (AvgIpc) is 2.63. The summed E-state index contributed by atoms with van der Waals surface area (Å²) >= 11 is 0. The van der Waals surface area contributed by atoms with Crippen LogP contribution in [0.15, 0.2) is 18.3 Å². The maximum absolute atomic E-state index is 7.73. The zero-order chi connectivity index (χ0) is 22.0. The van der Waals surface area contributed by atoms with Crippen molar-refractivity contribution in [3.63, 3.8) is 0 Å². The summed E-state index contributed by atoms with van der Waals surface area (Å²) in [7, 11) is -0.797. The van der Waals surface area contributed by atoms with Gasteiger partial charge >= 0.3 is 7.12 Å². The van der Waals surface area contributed by atoms with Crippen molar-refractivity contribution in [2.45, 2.75) is 64.9 Å². The lowest BCUT2D eigenvalue weighted by Crippen LogP contribution is -2.41. The molecule has 1 saturated heterocycles. The van der Waals surface area contributed by atoms with Gasteiger partial charge in [-0.3, -0.25) is 4.98 Å². The molecular weight excluding hydrogens is 237 g/mol. The summed E-state index contributed by atoms with van der Waals surface area (Å²) in [5.41, 5.74) is -4.47. The smallest absolute Gasteiger partial charge is 0.399 e. The minimum atomic E-state index is -3.34. The number of hydrogen-bond donors (Lipinski definition) is 0. The summed E-state index contributed by atoms with van der Waals surface area (Å²) in [5, 5.41) is 0. The van der Waals surface area contributed by atoms with Gasteiger partial charge in [0, 0.05) is 35.1 Å². The number of hydrogen-bond acceptors (Lipinski definition) is 3. The van der Waals surface area contributed by atoms with E-state index in [0.29, 0.717) is 5.46 Å². The normalized spacial score (nSPS) is 30.7. The van der Waals surface area contributed by atoms with Crippen LogP contribution in [-0.2, 0) is 14.7 Å². The molecule has 3 nitrogen and oxygen atoms in total. The highest BCUT2D eigenvalue weighted by atomic mass is 16.7. The fourth-order valence-electron chi connectivity index (χ4n) is 1.75. The molecular formula is C15H24BNO2. The van der Waals surface area contributed by atoms with Gasteiger partial charge < -0.3 is 9.31 Å². The molecule has 0 aromatic carbocycles. The molecule has 1 aromatic heterocycles. The van der Waals surface area contributed by atoms with Crippen molar-refractivity contribution < 1.29 is 21.6 Å². The topological polar surface area (TPSA) is 31.4 Å². The first kappa shape index (κ1) is 6.73. The van der Waals surface area contributed by atoms with Gasteiger partial charge in [-0.05, 0) is 33.8 Å². The van der Waals surface area contributed by atoms with E-state index in [1.54, 1.807) is 0 Å². The minimum Gasteiger partial charge on any atom is -0.399 e. The second-order valence-electron chi connectivity index (χ2n) is 5.82. The zero-order valence-corrected chi connectivity index (χ0v) is 11.6. The summed E-state index contributed by atoms with van der Waals surface area (Å²) in [4.78, 5) is 3.95. The van der Waals surface area contributed by atoms with Gasteiger partial charge in [-0.25, -0.2) is 0 Å². The summed E-state index contributed by atoms with van der Waals surface area (Å²) in [6.45, 7) is -2.60. The molecule has 1 aliphatic rings. The summed E-state index contributed by atoms with van der Waals surface area (Å²) in [5.74, 6) is 0. The van der Waals surface area contributed by atoms with E-state index in [1.165, 1.54) is 12.3 Å². The van der Waals surface area contributed by atoms with Crippen LogP contribution in [0.5, 0.6) is 0 Å². The van der Waals surface area contributed by atoms with Crippen LogP contribution in [0, 0.1) is 0 Å². The molecule has 0 unspecified atom stereocenters. The largest absolute Gasteiger partial charge is 0.496 e. The zero-order valence-electron chi connectivity index (χ0n) is 20.6. The van der Waals surface area contributed by atoms with E-state index in [1.807, 2.05) is 27.7 Å². The van der Waals surface area contributed by atoms with Gasteiger partial charge in [-0.2, -0.15) is 0 Å². The van der Waals surface area contributed by atoms with Crippen LogP contribution in [-0.4, -0.2) is 23.3 Å². The molecule has 2 rings (SSSR count). The van der Waals surface area contributed by atoms with E-state index < -0.39 is 50.0 Å². The standard InChI is InChI=1S/C15H24BNO2/c1-13(2,3)12-9-8-11(10-17-12)16-18-14(4,5)15(6,7)19-16/h8-10H,1-7H3/i1D3,2D3,3D3. The molecule has 0 amide bonds. The van der Waals surface area contributed by atoms with E-state index in [-0.39, 0.29) is 0 Å². The lowest BCUT2D eigenvalue weighted by molar-refractivity contribution is 0.00578. The van der Waals surface area contributed by atoms with Crippen LogP contribution in [0.25, 0.3) is 0 Å². The molecule has 0 bridgehead atoms. The Balaban J connectivity index is 2.55. The molecule has 0 aliphatic carbocycles. The third-order valence-electron chi connectivity index (χ3n) is 3.70. The van der Waals surface area contributed by atoms with Gasteiger partial charge in [0.1, 0.15) is 0 Å². The van der Waals surface area contributed by atoms with Gasteiger partial charge in [0.25, 0.3) is 0 Å². The number of rotatable bonds is 1. The van der Waals surface area contributed by atoms with E-state index in [4.69, 9.17) is 21.6 Å². The minimum absolute atomic E-state index is 0.429. The third kappa shape index (κ3) is 2.70. The van der Waals surface area contributed by atoms with Gasteiger partial charge in [-0.15, -0.1) is 0 Å². The van der Waals surface area contributed by atoms with E-state index >= 15 is 0 Å². The third-order valence-corrected chi connectivity index (χ3v) is 3.70. The number of pyridine rings is 1. The van der Waals surface area contributed by atoms with E-state index in [9.17, 15) is 0 Å². The first-order valence-corrected chi connectivity index (χ1v) is 6.10. The first-order chi connectivity index (χ1) is 12.3. The maximum Gasteiger partial charge on any atom is 0.496 e. The second-order valence-corrected chi connectivity index (χ2v) is 5.82. The van der Waals surface area contributed by atoms with Gasteiger partial charge in [0.05, 0.1) is 11.2 Å². The fraction of sp³-hybridized carbons (Fsp3) is 0.667. The van der Waals surface area contributed by atoms with Crippen LogP contribution >= 0.6 is 0 Å². The quantitative estimate of drug-likeness (QED) is 0.735. The molecule has 2 heterocycles. The monoisotopic (exact) mass is 270 g/mol. The molecule has 0 N–H and O–H groups in total. The van der Waals surface area contributed by atoms with Crippen LogP contribution in [0.1, 0.15) is 66.3 Å². The van der Waals surface area contributed by atoms with Crippen molar-refractivity contribution in [1.29, 1.82) is 0 Å². The van der Waals surface area contributed by atoms with Crippen LogP contribution in [0.3, 0.4) is 0 Å². The molecule has 1 aliphatic heterocycles. The first-order valence-electron chi connectivity index (χ1n) is 10.6. The Morgan fingerprint density at radius 1 is 1.11 bits per heavy atom. The molecule has 0 saturated carbocycles. The Kier molecular flexibility index (Phi) is 1.53. The van der Waals surface area contributed by atoms with Crippen molar-refractivity contribution in [3.05, 3.63) is 24.0 Å². The highest BCUT2D eigenvalue weighted by Crippen LogP contribution is 2.36. The predicted molar refractivity (Wildman–Crippen MR) is 78.7 cm³/mol. The SMILES string of the molecule is [2H]C([2H])([2H])C(c1ccc(B2OC(C)(C)C(C)(C)O2)cn1)(C([2H])([2H])[2H])C([2H])([2H])[2H]. The van der Waals surface area contributed by atoms with Crippen LogP contribution in [0.2, 0.25) is 0 Å². The fourth-order valence-corrected chi connectivity index (χ4v) is 1.75. The highest BCUT2D eigenvalue weighted by molar-refractivity contribution is 6.62. The Labute approximate surface area is 129 Å². The van der Waals surface area contributed by atoms with Crippen LogP contribution in [0.4, 0.5) is 0 Å². The van der Waals surface area contributed by atoms with Crippen molar-refractivity contribution in [2.75, 3.05) is 0 Å². The lowest BCUT2D eigenvalue weighted by atomic mass is 9.79. The molecule has 104 valence electrons. The molecule has 4 heteroatoms. The van der Waals surface area contributed by atoms with Crippen LogP contribution < -0.4 is 5.46 Å². The van der Waals surface area contributed by atoms with Gasteiger partial charge in [-0.1, -0.05) is 26.6 Å². The second kappa shape index (κ2) is 4.32. The van der Waals surface area contributed by atoms with Crippen molar-refractivity contribution in [2.24, 2.45) is 0 Å². The Hall–Kier alpha value is -0.865. The van der Waals surface area contributed by atoms with Crippen molar-refractivity contribution in [3.8, 4) is 0 Å². The summed E-state index contributed by atoms with van der Waals surface area (Å²) in [6.07, 6.45) is 1.20. The van der Waals surface area contributed by atoms with E-state index in [0.717, 1.165) is 6.07 Å². The molecule has 0 atom stereocenters. The van der Waals surface area contributed by atoms with Gasteiger partial charge in [0.2, 0.25) is 0 Å². The number of aromatic nitrogens is 1. The summed E-state index contributed by atoms with van der Waals surface area (Å²) in [6, 6.07) is 2.51. The number of nitrogens with zero attached hydrogens (tertiary/aromatic N) is 1. The average molecular weight is 270 g/mol. The molecule has 0 radical (unpaired) electrons. The molecule has 1 fully saturated rings. The summed E-state index contributed by atoms with van der Waals surface area (Å²) < 4.78 is 81.4. The Bertz CT molecular complexity index is 671. The molecule has 0 spiro atoms. The Morgan fingerprint density at radius 3 is 2.11 bits per heavy atom. The Morgan fingerprint density at radius 2 is 1.68 bits per heavy atom. The lowest BCUT2D eigenvalue weighted by Gasteiger charge is -2.32. The maximum atomic E-state index is 7.73. The van der Waals surface area contributed by atoms with Crippen molar-refractivity contribution in [1.82, 2.24) is 4.98 Å². The van der Waals surface area contributed by atoms with Gasteiger partial charge in [0.15, 0.2) is 0 Å². The van der Waals surface area contributed by atoms with E-state index in [2.05, 4.69) is 4.98 Å². The highest BCUT2D eigenvalue weighted by Gasteiger charge is 2.51.